The number of amides is 2. The molecule has 1 saturated heterocycles. The number of hydrogen-bond acceptors (Lipinski definition) is 7. The number of ketones is 2. The smallest absolute Gasteiger partial charge is 0.433 e. The Morgan fingerprint density at radius 1 is 0.946 bits per heavy atom. The number of phenolic OH excluding ortho intramolecular Hbond substituents is 1. The van der Waals surface area contributed by atoms with E-state index in [-0.39, 0.29) is 40.8 Å². The van der Waals surface area contributed by atoms with Crippen molar-refractivity contribution in [2.45, 2.75) is 36.8 Å². The van der Waals surface area contributed by atoms with Gasteiger partial charge in [0.05, 0.1) is 22.3 Å². The van der Waals surface area contributed by atoms with E-state index >= 15 is 9.59 Å². The van der Waals surface area contributed by atoms with Crippen molar-refractivity contribution in [1.29, 1.82) is 0 Å². The molecule has 2 fully saturated rings. The van der Waals surface area contributed by atoms with Gasteiger partial charge in [-0.1, -0.05) is 108 Å². The van der Waals surface area contributed by atoms with Gasteiger partial charge in [0.1, 0.15) is 11.4 Å². The maximum absolute atomic E-state index is 15.2. The number of hydrogen-bond donors (Lipinski definition) is 1. The molecule has 2 amide bonds. The number of phenols is 1. The summed E-state index contributed by atoms with van der Waals surface area (Å²) in [6.07, 6.45) is 0.438. The summed E-state index contributed by atoms with van der Waals surface area (Å²) in [6, 6.07) is 24.8. The van der Waals surface area contributed by atoms with Crippen LogP contribution < -0.4 is 5.01 Å². The lowest BCUT2D eigenvalue weighted by atomic mass is 9.44. The lowest BCUT2D eigenvalue weighted by Gasteiger charge is -2.55. The Balaban J connectivity index is 1.32. The first-order chi connectivity index (χ1) is 26.8. The van der Waals surface area contributed by atoms with Crippen LogP contribution in [0, 0.1) is 23.7 Å². The van der Waals surface area contributed by atoms with E-state index in [1.807, 2.05) is 12.1 Å². The molecule has 1 aromatic heterocycles. The van der Waals surface area contributed by atoms with E-state index in [9.17, 15) is 27.9 Å². The van der Waals surface area contributed by atoms with E-state index in [1.54, 1.807) is 78.9 Å². The summed E-state index contributed by atoms with van der Waals surface area (Å²) in [4.78, 5) is 63.0. The minimum Gasteiger partial charge on any atom is -0.507 e. The predicted molar refractivity (Wildman–Crippen MR) is 203 cm³/mol. The summed E-state index contributed by atoms with van der Waals surface area (Å²) in [6.45, 7) is 3.83. The second-order valence-electron chi connectivity index (χ2n) is 14.6. The number of rotatable bonds is 7. The molecule has 2 heterocycles. The first-order valence-corrected chi connectivity index (χ1v) is 18.6. The summed E-state index contributed by atoms with van der Waals surface area (Å²) in [5.41, 5.74) is 0.0725. The molecule has 3 aliphatic carbocycles. The normalized spacial score (nSPS) is 25.9. The highest BCUT2D eigenvalue weighted by atomic mass is 35.5. The average molecular weight is 778 g/mol. The maximum Gasteiger partial charge on any atom is 0.433 e. The quantitative estimate of drug-likeness (QED) is 0.150. The number of fused-ring (bicyclic) bond motifs is 4. The number of halogens is 4. The standard InChI is InChI=1S/C44H35ClF3N3O5/c1-3-11-25-14-10-17-29(38(25)53)37-27-18-19-28-36(42(56)51(41(28)55)50(2)40-33(45)20-21-34(49-40)44(46,47)48)31(27)22-32-39(54)30(24-12-6-4-7-13-24)23-35(52)43(32,37)26-15-8-5-9-16-26/h3-10,12-18,20-21,23,28,31-32,36-37,53H,1,11,19,22H2,2H3. The predicted octanol–water partition coefficient (Wildman–Crippen LogP) is 8.06. The van der Waals surface area contributed by atoms with Crippen molar-refractivity contribution in [3.05, 3.63) is 154 Å². The molecule has 8 rings (SSSR count). The van der Waals surface area contributed by atoms with Crippen LogP contribution >= 0.6 is 11.6 Å². The molecule has 6 atom stereocenters. The van der Waals surface area contributed by atoms with E-state index in [4.69, 9.17) is 11.6 Å². The van der Waals surface area contributed by atoms with E-state index in [1.165, 1.54) is 13.1 Å². The maximum atomic E-state index is 15.2. The van der Waals surface area contributed by atoms with Crippen LogP contribution in [0.1, 0.15) is 46.7 Å². The Morgan fingerprint density at radius 2 is 1.64 bits per heavy atom. The number of carbonyl (C=O) groups is 4. The Hall–Kier alpha value is -5.81. The number of aromatic hydroxyl groups is 1. The van der Waals surface area contributed by atoms with Gasteiger partial charge in [-0.3, -0.25) is 24.2 Å². The topological polar surface area (TPSA) is 108 Å². The van der Waals surface area contributed by atoms with Crippen molar-refractivity contribution < 1.29 is 37.5 Å². The van der Waals surface area contributed by atoms with Crippen molar-refractivity contribution in [1.82, 2.24) is 9.99 Å². The number of alkyl halides is 3. The Bertz CT molecular complexity index is 2380. The van der Waals surface area contributed by atoms with Crippen LogP contribution in [0.4, 0.5) is 19.0 Å². The second kappa shape index (κ2) is 13.7. The molecule has 6 unspecified atom stereocenters. The summed E-state index contributed by atoms with van der Waals surface area (Å²) in [7, 11) is 1.25. The number of Topliss-reactive ketones (excluding diaryl/α,β-unsaturated/α-hetero) is 1. The van der Waals surface area contributed by atoms with Gasteiger partial charge in [-0.25, -0.2) is 4.98 Å². The summed E-state index contributed by atoms with van der Waals surface area (Å²) >= 11 is 6.32. The number of aromatic nitrogens is 1. The van der Waals surface area contributed by atoms with Crippen LogP contribution in [0.2, 0.25) is 5.02 Å². The Morgan fingerprint density at radius 3 is 2.32 bits per heavy atom. The van der Waals surface area contributed by atoms with Crippen molar-refractivity contribution in [3.8, 4) is 5.75 Å². The van der Waals surface area contributed by atoms with Gasteiger partial charge in [0.15, 0.2) is 17.4 Å². The summed E-state index contributed by atoms with van der Waals surface area (Å²) < 4.78 is 41.2. The number of carbonyl (C=O) groups excluding carboxylic acids is 4. The van der Waals surface area contributed by atoms with Crippen LogP contribution in [0.15, 0.2) is 121 Å². The molecule has 4 aliphatic rings. The number of anilines is 1. The number of allylic oxidation sites excluding steroid dienone is 5. The highest BCUT2D eigenvalue weighted by molar-refractivity contribution is 6.33. The van der Waals surface area contributed by atoms with E-state index in [2.05, 4.69) is 11.6 Å². The van der Waals surface area contributed by atoms with Gasteiger partial charge < -0.3 is 5.11 Å². The molecule has 1 saturated carbocycles. The van der Waals surface area contributed by atoms with E-state index in [0.717, 1.165) is 16.1 Å². The zero-order chi connectivity index (χ0) is 39.7. The Kier molecular flexibility index (Phi) is 9.11. The monoisotopic (exact) mass is 777 g/mol. The number of benzene rings is 3. The lowest BCUT2D eigenvalue weighted by Crippen LogP contribution is -2.59. The molecule has 0 radical (unpaired) electrons. The summed E-state index contributed by atoms with van der Waals surface area (Å²) in [5.74, 6) is -7.32. The van der Waals surface area contributed by atoms with Crippen molar-refractivity contribution in [2.75, 3.05) is 12.1 Å². The third kappa shape index (κ3) is 5.54. The van der Waals surface area contributed by atoms with Gasteiger partial charge in [0.25, 0.3) is 11.8 Å². The number of pyridine rings is 1. The van der Waals surface area contributed by atoms with Crippen LogP contribution in [-0.4, -0.2) is 45.5 Å². The molecule has 1 aliphatic heterocycles. The van der Waals surface area contributed by atoms with Crippen molar-refractivity contribution in [2.24, 2.45) is 23.7 Å². The molecular weight excluding hydrogens is 743 g/mol. The first kappa shape index (κ1) is 37.1. The highest BCUT2D eigenvalue weighted by Crippen LogP contribution is 2.64. The average Bonchev–Trinajstić information content (AvgIpc) is 3.45. The number of para-hydroxylation sites is 1. The fraction of sp³-hybridized carbons (Fsp3) is 0.250. The van der Waals surface area contributed by atoms with Crippen LogP contribution in [-0.2, 0) is 37.2 Å². The van der Waals surface area contributed by atoms with Gasteiger partial charge in [0, 0.05) is 30.0 Å². The van der Waals surface area contributed by atoms with Gasteiger partial charge in [-0.2, -0.15) is 18.2 Å². The molecule has 4 aromatic rings. The third-order valence-corrected chi connectivity index (χ3v) is 12.2. The molecule has 3 aromatic carbocycles. The van der Waals surface area contributed by atoms with Gasteiger partial charge in [-0.05, 0) is 60.1 Å². The molecule has 12 heteroatoms. The number of hydrazine groups is 1. The zero-order valence-electron chi connectivity index (χ0n) is 30.0. The number of imide groups is 1. The molecule has 1 N–H and O–H groups in total. The van der Waals surface area contributed by atoms with Crippen molar-refractivity contribution >= 4 is 46.4 Å². The molecular formula is C44H35ClF3N3O5. The molecule has 284 valence electrons. The second-order valence-corrected chi connectivity index (χ2v) is 15.1. The fourth-order valence-corrected chi connectivity index (χ4v) is 9.80. The SMILES string of the molecule is C=CCc1cccc(C2C3=CCC4C(=O)N(N(C)c5nc(C(F)(F)F)ccc5Cl)C(=O)C4C3CC3C(=O)C(c4ccccc4)=CC(=O)C32c2ccccc2)c1O. The van der Waals surface area contributed by atoms with Crippen LogP contribution in [0.25, 0.3) is 5.57 Å². The molecule has 56 heavy (non-hydrogen) atoms. The molecule has 0 bridgehead atoms. The fourth-order valence-electron chi connectivity index (χ4n) is 9.57. The van der Waals surface area contributed by atoms with Gasteiger partial charge in [0.2, 0.25) is 0 Å². The zero-order valence-corrected chi connectivity index (χ0v) is 30.8. The third-order valence-electron chi connectivity index (χ3n) is 11.9. The minimum absolute atomic E-state index is 0.000604. The van der Waals surface area contributed by atoms with E-state index in [0.29, 0.717) is 40.3 Å². The number of nitrogens with zero attached hydrogens (tertiary/aromatic N) is 3. The largest absolute Gasteiger partial charge is 0.507 e. The van der Waals surface area contributed by atoms with Gasteiger partial charge in [-0.15, -0.1) is 6.58 Å². The lowest BCUT2D eigenvalue weighted by molar-refractivity contribution is -0.141. The Labute approximate surface area is 325 Å². The van der Waals surface area contributed by atoms with E-state index < -0.39 is 64.5 Å². The van der Waals surface area contributed by atoms with Crippen molar-refractivity contribution in [3.63, 3.8) is 0 Å². The molecule has 0 spiro atoms. The van der Waals surface area contributed by atoms with Crippen LogP contribution in [0.5, 0.6) is 5.75 Å². The highest BCUT2D eigenvalue weighted by Gasteiger charge is 2.66. The minimum atomic E-state index is -4.82. The first-order valence-electron chi connectivity index (χ1n) is 18.2. The van der Waals surface area contributed by atoms with Gasteiger partial charge >= 0.3 is 6.18 Å². The summed E-state index contributed by atoms with van der Waals surface area (Å²) in [5, 5.41) is 13.5. The molecule has 8 nitrogen and oxygen atoms in total. The van der Waals surface area contributed by atoms with Crippen LogP contribution in [0.3, 0.4) is 0 Å².